The molecular weight excluding hydrogens is 186 g/mol. The molecule has 0 aromatic carbocycles. The molecule has 0 saturated carbocycles. The highest BCUT2D eigenvalue weighted by Gasteiger charge is 2.13. The van der Waals surface area contributed by atoms with Crippen LogP contribution in [-0.2, 0) is 4.79 Å². The number of carbonyl (C=O) groups excluding carboxylic acids is 1. The third-order valence-corrected chi connectivity index (χ3v) is 2.36. The molecule has 0 aliphatic carbocycles. The van der Waals surface area contributed by atoms with Gasteiger partial charge in [0.05, 0.1) is 0 Å². The van der Waals surface area contributed by atoms with Crippen molar-refractivity contribution < 1.29 is 4.79 Å². The predicted molar refractivity (Wildman–Crippen MR) is 65.5 cm³/mol. The van der Waals surface area contributed by atoms with Gasteiger partial charge in [0.25, 0.3) is 0 Å². The zero-order valence-corrected chi connectivity index (χ0v) is 10.6. The second-order valence-electron chi connectivity index (χ2n) is 4.54. The maximum absolute atomic E-state index is 11.8. The topological polar surface area (TPSA) is 20.3 Å². The minimum atomic E-state index is 0.306. The second-order valence-corrected chi connectivity index (χ2v) is 4.54. The van der Waals surface area contributed by atoms with Gasteiger partial charge in [0.15, 0.2) is 0 Å². The number of nitrogens with zero attached hydrogens (tertiary/aromatic N) is 1. The van der Waals surface area contributed by atoms with Gasteiger partial charge in [-0.1, -0.05) is 40.5 Å². The van der Waals surface area contributed by atoms with Gasteiger partial charge in [-0.15, -0.1) is 0 Å². The standard InChI is InChI=1S/C13H26NO/c1-5-7-9-13(15)14(10-8-6-2)11-12(3)4/h12H,1,5-11H2,2-4H3. The molecule has 0 saturated heterocycles. The van der Waals surface area contributed by atoms with E-state index >= 15 is 0 Å². The van der Waals surface area contributed by atoms with Gasteiger partial charge >= 0.3 is 0 Å². The average Bonchev–Trinajstić information content (AvgIpc) is 2.20. The van der Waals surface area contributed by atoms with Crippen LogP contribution in [0.3, 0.4) is 0 Å². The Kier molecular flexibility index (Phi) is 8.44. The first-order chi connectivity index (χ1) is 7.11. The number of carbonyl (C=O) groups is 1. The molecule has 15 heavy (non-hydrogen) atoms. The molecular formula is C13H26NO. The van der Waals surface area contributed by atoms with E-state index in [0.29, 0.717) is 18.2 Å². The first-order valence-electron chi connectivity index (χ1n) is 6.18. The molecule has 0 N–H and O–H groups in total. The van der Waals surface area contributed by atoms with E-state index in [-0.39, 0.29) is 0 Å². The van der Waals surface area contributed by atoms with Crippen LogP contribution in [0, 0.1) is 12.8 Å². The molecule has 0 aromatic rings. The first-order valence-corrected chi connectivity index (χ1v) is 6.18. The fourth-order valence-corrected chi connectivity index (χ4v) is 1.54. The van der Waals surface area contributed by atoms with Crippen LogP contribution in [-0.4, -0.2) is 23.9 Å². The van der Waals surface area contributed by atoms with Crippen molar-refractivity contribution in [2.45, 2.75) is 52.9 Å². The van der Waals surface area contributed by atoms with E-state index in [0.717, 1.165) is 38.8 Å². The molecule has 89 valence electrons. The lowest BCUT2D eigenvalue weighted by Gasteiger charge is -2.24. The number of rotatable bonds is 8. The van der Waals surface area contributed by atoms with E-state index in [1.54, 1.807) is 0 Å². The second kappa shape index (κ2) is 8.75. The van der Waals surface area contributed by atoms with Crippen molar-refractivity contribution in [1.82, 2.24) is 4.90 Å². The molecule has 2 nitrogen and oxygen atoms in total. The Labute approximate surface area is 95.0 Å². The summed E-state index contributed by atoms with van der Waals surface area (Å²) in [5, 5.41) is 0. The quantitative estimate of drug-likeness (QED) is 0.604. The summed E-state index contributed by atoms with van der Waals surface area (Å²) >= 11 is 0. The number of hydrogen-bond donors (Lipinski definition) is 0. The van der Waals surface area contributed by atoms with Crippen molar-refractivity contribution >= 4 is 5.91 Å². The number of hydrogen-bond acceptors (Lipinski definition) is 1. The Morgan fingerprint density at radius 3 is 2.47 bits per heavy atom. The molecule has 0 unspecified atom stereocenters. The lowest BCUT2D eigenvalue weighted by molar-refractivity contribution is -0.131. The Bertz CT molecular complexity index is 166. The Balaban J connectivity index is 4.02. The van der Waals surface area contributed by atoms with Crippen molar-refractivity contribution in [3.05, 3.63) is 6.92 Å². The van der Waals surface area contributed by atoms with Gasteiger partial charge in [0.2, 0.25) is 5.91 Å². The van der Waals surface area contributed by atoms with Crippen molar-refractivity contribution in [2.75, 3.05) is 13.1 Å². The van der Waals surface area contributed by atoms with Crippen LogP contribution in [0.5, 0.6) is 0 Å². The van der Waals surface area contributed by atoms with Gasteiger partial charge in [0.1, 0.15) is 0 Å². The van der Waals surface area contributed by atoms with Crippen LogP contribution in [0.1, 0.15) is 52.9 Å². The van der Waals surface area contributed by atoms with Gasteiger partial charge in [-0.25, -0.2) is 0 Å². The van der Waals surface area contributed by atoms with Gasteiger partial charge in [0, 0.05) is 19.5 Å². The molecule has 2 heteroatoms. The third kappa shape index (κ3) is 7.40. The molecule has 0 fully saturated rings. The predicted octanol–water partition coefficient (Wildman–Crippen LogP) is 3.28. The summed E-state index contributed by atoms with van der Waals surface area (Å²) in [7, 11) is 0. The monoisotopic (exact) mass is 212 g/mol. The molecule has 0 aliphatic rings. The summed E-state index contributed by atoms with van der Waals surface area (Å²) in [5.41, 5.74) is 0. The highest BCUT2D eigenvalue weighted by molar-refractivity contribution is 5.76. The van der Waals surface area contributed by atoms with Gasteiger partial charge < -0.3 is 4.90 Å². The normalized spacial score (nSPS) is 10.7. The van der Waals surface area contributed by atoms with E-state index < -0.39 is 0 Å². The Morgan fingerprint density at radius 1 is 1.33 bits per heavy atom. The van der Waals surface area contributed by atoms with Crippen molar-refractivity contribution in [3.8, 4) is 0 Å². The average molecular weight is 212 g/mol. The summed E-state index contributed by atoms with van der Waals surface area (Å²) in [4.78, 5) is 13.9. The van der Waals surface area contributed by atoms with E-state index in [1.165, 1.54) is 0 Å². The van der Waals surface area contributed by atoms with E-state index in [2.05, 4.69) is 27.7 Å². The van der Waals surface area contributed by atoms with Crippen molar-refractivity contribution in [1.29, 1.82) is 0 Å². The summed E-state index contributed by atoms with van der Waals surface area (Å²) in [6.45, 7) is 12.1. The van der Waals surface area contributed by atoms with Crippen molar-refractivity contribution in [2.24, 2.45) is 5.92 Å². The van der Waals surface area contributed by atoms with Crippen LogP contribution in [0.15, 0.2) is 0 Å². The molecule has 0 atom stereocenters. The lowest BCUT2D eigenvalue weighted by atomic mass is 10.1. The van der Waals surface area contributed by atoms with Gasteiger partial charge in [-0.05, 0) is 18.8 Å². The maximum atomic E-state index is 11.8. The zero-order chi connectivity index (χ0) is 11.7. The molecule has 0 spiro atoms. The molecule has 0 aromatic heterocycles. The largest absolute Gasteiger partial charge is 0.342 e. The SMILES string of the molecule is [CH2]CCCC(=O)N(CCCC)CC(C)C. The molecule has 0 heterocycles. The molecule has 0 aliphatic heterocycles. The third-order valence-electron chi connectivity index (χ3n) is 2.36. The highest BCUT2D eigenvalue weighted by atomic mass is 16.2. The van der Waals surface area contributed by atoms with Crippen LogP contribution < -0.4 is 0 Å². The van der Waals surface area contributed by atoms with E-state index in [1.807, 2.05) is 4.90 Å². The fraction of sp³-hybridized carbons (Fsp3) is 0.846. The smallest absolute Gasteiger partial charge is 0.222 e. The van der Waals surface area contributed by atoms with Crippen LogP contribution in [0.25, 0.3) is 0 Å². The van der Waals surface area contributed by atoms with Gasteiger partial charge in [-0.3, -0.25) is 4.79 Å². The summed E-state index contributed by atoms with van der Waals surface area (Å²) in [5.74, 6) is 0.867. The molecule has 0 bridgehead atoms. The van der Waals surface area contributed by atoms with Gasteiger partial charge in [-0.2, -0.15) is 0 Å². The van der Waals surface area contributed by atoms with Crippen LogP contribution in [0.4, 0.5) is 0 Å². The maximum Gasteiger partial charge on any atom is 0.222 e. The Hall–Kier alpha value is -0.530. The summed E-state index contributed by atoms with van der Waals surface area (Å²) < 4.78 is 0. The van der Waals surface area contributed by atoms with E-state index in [4.69, 9.17) is 0 Å². The minimum absolute atomic E-state index is 0.306. The highest BCUT2D eigenvalue weighted by Crippen LogP contribution is 2.06. The number of amides is 1. The van der Waals surface area contributed by atoms with Crippen LogP contribution >= 0.6 is 0 Å². The zero-order valence-electron chi connectivity index (χ0n) is 10.6. The lowest BCUT2D eigenvalue weighted by Crippen LogP contribution is -2.34. The minimum Gasteiger partial charge on any atom is -0.342 e. The summed E-state index contributed by atoms with van der Waals surface area (Å²) in [6, 6.07) is 0. The van der Waals surface area contributed by atoms with E-state index in [9.17, 15) is 4.79 Å². The molecule has 1 amide bonds. The first kappa shape index (κ1) is 14.5. The van der Waals surface area contributed by atoms with Crippen LogP contribution in [0.2, 0.25) is 0 Å². The number of unbranched alkanes of at least 4 members (excludes halogenated alkanes) is 2. The Morgan fingerprint density at radius 2 is 2.00 bits per heavy atom. The summed E-state index contributed by atoms with van der Waals surface area (Å²) in [6.07, 6.45) is 4.70. The van der Waals surface area contributed by atoms with Crippen molar-refractivity contribution in [3.63, 3.8) is 0 Å². The fourth-order valence-electron chi connectivity index (χ4n) is 1.54. The molecule has 0 rings (SSSR count). The molecule has 1 radical (unpaired) electrons.